The smallest absolute Gasteiger partial charge is 0.0931 e. The van der Waals surface area contributed by atoms with Crippen molar-refractivity contribution in [1.29, 1.82) is 0 Å². The number of thiophene rings is 1. The molecule has 0 spiro atoms. The maximum absolute atomic E-state index is 9.10. The third-order valence-corrected chi connectivity index (χ3v) is 3.82. The van der Waals surface area contributed by atoms with Crippen LogP contribution in [0.15, 0.2) is 30.3 Å². The van der Waals surface area contributed by atoms with E-state index in [2.05, 4.69) is 25.1 Å². The van der Waals surface area contributed by atoms with Crippen molar-refractivity contribution in [2.45, 2.75) is 20.0 Å². The van der Waals surface area contributed by atoms with Crippen LogP contribution in [-0.4, -0.2) is 5.11 Å². The van der Waals surface area contributed by atoms with E-state index in [-0.39, 0.29) is 6.61 Å². The topological polar surface area (TPSA) is 20.2 Å². The van der Waals surface area contributed by atoms with Gasteiger partial charge in [0, 0.05) is 11.3 Å². The molecule has 3 heteroatoms. The zero-order valence-electron chi connectivity index (χ0n) is 9.03. The van der Waals surface area contributed by atoms with Gasteiger partial charge in [-0.1, -0.05) is 29.8 Å². The molecule has 0 unspecified atom stereocenters. The predicted octanol–water partition coefficient (Wildman–Crippen LogP) is 3.79. The molecule has 1 aromatic heterocycles. The van der Waals surface area contributed by atoms with Crippen LogP contribution < -0.4 is 0 Å². The van der Waals surface area contributed by atoms with Gasteiger partial charge in [0.05, 0.1) is 10.9 Å². The highest BCUT2D eigenvalue weighted by molar-refractivity contribution is 7.16. The maximum atomic E-state index is 9.10. The molecule has 0 saturated heterocycles. The van der Waals surface area contributed by atoms with E-state index >= 15 is 0 Å². The predicted molar refractivity (Wildman–Crippen MR) is 69.2 cm³/mol. The van der Waals surface area contributed by atoms with Gasteiger partial charge in [0.25, 0.3) is 0 Å². The van der Waals surface area contributed by atoms with Gasteiger partial charge in [-0.05, 0) is 35.7 Å². The molecule has 0 aliphatic rings. The highest BCUT2D eigenvalue weighted by Gasteiger charge is 2.04. The number of halogens is 1. The van der Waals surface area contributed by atoms with Crippen molar-refractivity contribution in [3.05, 3.63) is 56.2 Å². The molecular formula is C13H13ClOS. The number of aliphatic hydroxyl groups excluding tert-OH is 1. The van der Waals surface area contributed by atoms with Crippen LogP contribution >= 0.6 is 22.9 Å². The Morgan fingerprint density at radius 1 is 1.25 bits per heavy atom. The molecule has 0 atom stereocenters. The first kappa shape index (κ1) is 11.6. The lowest BCUT2D eigenvalue weighted by Gasteiger charge is -2.06. The minimum absolute atomic E-state index is 0.0957. The molecule has 1 nitrogen and oxygen atoms in total. The van der Waals surface area contributed by atoms with E-state index < -0.39 is 0 Å². The van der Waals surface area contributed by atoms with Gasteiger partial charge in [0.2, 0.25) is 0 Å². The van der Waals surface area contributed by atoms with Gasteiger partial charge in [0.15, 0.2) is 0 Å². The first-order valence-electron chi connectivity index (χ1n) is 5.12. The Balaban J connectivity index is 2.26. The van der Waals surface area contributed by atoms with Crippen molar-refractivity contribution in [2.75, 3.05) is 0 Å². The van der Waals surface area contributed by atoms with E-state index in [1.807, 2.05) is 12.1 Å². The zero-order valence-corrected chi connectivity index (χ0v) is 10.6. The number of hydrogen-bond acceptors (Lipinski definition) is 2. The van der Waals surface area contributed by atoms with Crippen molar-refractivity contribution >= 4 is 22.9 Å². The molecule has 2 rings (SSSR count). The van der Waals surface area contributed by atoms with Crippen molar-refractivity contribution in [3.8, 4) is 0 Å². The highest BCUT2D eigenvalue weighted by atomic mass is 35.5. The lowest BCUT2D eigenvalue weighted by atomic mass is 10.0. The van der Waals surface area contributed by atoms with Gasteiger partial charge < -0.3 is 5.11 Å². The summed E-state index contributed by atoms with van der Waals surface area (Å²) in [6, 6.07) is 10.0. The van der Waals surface area contributed by atoms with E-state index in [1.54, 1.807) is 11.3 Å². The van der Waals surface area contributed by atoms with Gasteiger partial charge in [-0.25, -0.2) is 0 Å². The highest BCUT2D eigenvalue weighted by Crippen LogP contribution is 2.25. The molecule has 1 aromatic carbocycles. The zero-order chi connectivity index (χ0) is 11.5. The maximum Gasteiger partial charge on any atom is 0.0931 e. The number of hydrogen-bond donors (Lipinski definition) is 1. The van der Waals surface area contributed by atoms with E-state index in [1.165, 1.54) is 16.0 Å². The molecule has 0 bridgehead atoms. The Morgan fingerprint density at radius 3 is 2.69 bits per heavy atom. The van der Waals surface area contributed by atoms with Crippen LogP contribution in [0.25, 0.3) is 0 Å². The molecule has 0 aliphatic carbocycles. The minimum atomic E-state index is 0.0957. The first-order valence-corrected chi connectivity index (χ1v) is 6.32. The molecule has 2 aromatic rings. The molecule has 1 N–H and O–H groups in total. The van der Waals surface area contributed by atoms with Crippen LogP contribution in [0.2, 0.25) is 4.34 Å². The Kier molecular flexibility index (Phi) is 3.64. The average Bonchev–Trinajstić information content (AvgIpc) is 2.67. The lowest BCUT2D eigenvalue weighted by Crippen LogP contribution is -1.92. The van der Waals surface area contributed by atoms with Crippen LogP contribution in [0.1, 0.15) is 21.6 Å². The lowest BCUT2D eigenvalue weighted by molar-refractivity contribution is 0.281. The van der Waals surface area contributed by atoms with Crippen LogP contribution in [-0.2, 0) is 13.0 Å². The fraction of sp³-hybridized carbons (Fsp3) is 0.231. The summed E-state index contributed by atoms with van der Waals surface area (Å²) in [5.41, 5.74) is 3.47. The van der Waals surface area contributed by atoms with Gasteiger partial charge in [-0.3, -0.25) is 0 Å². The van der Waals surface area contributed by atoms with Gasteiger partial charge >= 0.3 is 0 Å². The second-order valence-electron chi connectivity index (χ2n) is 3.80. The van der Waals surface area contributed by atoms with E-state index in [0.29, 0.717) is 0 Å². The molecule has 0 radical (unpaired) electrons. The van der Waals surface area contributed by atoms with E-state index in [9.17, 15) is 0 Å². The van der Waals surface area contributed by atoms with Crippen LogP contribution in [0.3, 0.4) is 0 Å². The summed E-state index contributed by atoms with van der Waals surface area (Å²) in [6.45, 7) is 2.18. The molecule has 0 saturated carbocycles. The SMILES string of the molecule is Cc1ccc(CO)cc1Cc1ccc(Cl)s1. The fourth-order valence-corrected chi connectivity index (χ4v) is 2.76. The Bertz CT molecular complexity index is 490. The summed E-state index contributed by atoms with van der Waals surface area (Å²) in [5.74, 6) is 0. The Hall–Kier alpha value is -0.830. The summed E-state index contributed by atoms with van der Waals surface area (Å²) in [7, 11) is 0. The summed E-state index contributed by atoms with van der Waals surface area (Å²) < 4.78 is 0.825. The third-order valence-electron chi connectivity index (χ3n) is 2.59. The van der Waals surface area contributed by atoms with Crippen molar-refractivity contribution in [2.24, 2.45) is 0 Å². The number of benzene rings is 1. The van der Waals surface area contributed by atoms with Crippen LogP contribution in [0.5, 0.6) is 0 Å². The second-order valence-corrected chi connectivity index (χ2v) is 5.60. The van der Waals surface area contributed by atoms with Crippen molar-refractivity contribution < 1.29 is 5.11 Å². The van der Waals surface area contributed by atoms with Gasteiger partial charge in [0.1, 0.15) is 0 Å². The van der Waals surface area contributed by atoms with E-state index in [4.69, 9.17) is 16.7 Å². The Labute approximate surface area is 104 Å². The summed E-state index contributed by atoms with van der Waals surface area (Å²) in [5, 5.41) is 9.10. The summed E-state index contributed by atoms with van der Waals surface area (Å²) in [4.78, 5) is 1.25. The number of rotatable bonds is 3. The monoisotopic (exact) mass is 252 g/mol. The number of aryl methyl sites for hydroxylation is 1. The molecule has 0 fully saturated rings. The quantitative estimate of drug-likeness (QED) is 0.881. The summed E-state index contributed by atoms with van der Waals surface area (Å²) >= 11 is 7.51. The third kappa shape index (κ3) is 2.64. The standard InChI is InChI=1S/C13H13ClOS/c1-9-2-3-10(8-15)6-11(9)7-12-4-5-13(14)16-12/h2-6,15H,7-8H2,1H3. The molecule has 16 heavy (non-hydrogen) atoms. The molecule has 1 heterocycles. The molecular weight excluding hydrogens is 240 g/mol. The Morgan fingerprint density at radius 2 is 2.06 bits per heavy atom. The van der Waals surface area contributed by atoms with E-state index in [0.717, 1.165) is 16.3 Å². The minimum Gasteiger partial charge on any atom is -0.392 e. The van der Waals surface area contributed by atoms with Crippen LogP contribution in [0, 0.1) is 6.92 Å². The van der Waals surface area contributed by atoms with Crippen LogP contribution in [0.4, 0.5) is 0 Å². The summed E-state index contributed by atoms with van der Waals surface area (Å²) in [6.07, 6.45) is 0.886. The van der Waals surface area contributed by atoms with Crippen molar-refractivity contribution in [1.82, 2.24) is 0 Å². The van der Waals surface area contributed by atoms with Crippen molar-refractivity contribution in [3.63, 3.8) is 0 Å². The number of aliphatic hydroxyl groups is 1. The fourth-order valence-electron chi connectivity index (χ4n) is 1.65. The molecule has 0 aliphatic heterocycles. The average molecular weight is 253 g/mol. The normalized spacial score (nSPS) is 10.7. The van der Waals surface area contributed by atoms with Gasteiger partial charge in [-0.15, -0.1) is 11.3 Å². The molecule has 84 valence electrons. The first-order chi connectivity index (χ1) is 7.69. The second kappa shape index (κ2) is 5.00. The van der Waals surface area contributed by atoms with Gasteiger partial charge in [-0.2, -0.15) is 0 Å². The molecule has 0 amide bonds. The largest absolute Gasteiger partial charge is 0.392 e.